The summed E-state index contributed by atoms with van der Waals surface area (Å²) in [5.74, 6) is 2.02. The second kappa shape index (κ2) is 8.28. The number of rotatable bonds is 7. The van der Waals surface area contributed by atoms with Crippen molar-refractivity contribution in [2.75, 3.05) is 0 Å². The molecule has 0 spiro atoms. The lowest BCUT2D eigenvalue weighted by Gasteiger charge is -2.24. The van der Waals surface area contributed by atoms with Gasteiger partial charge in [-0.15, -0.1) is 10.2 Å². The Morgan fingerprint density at radius 2 is 1.54 bits per heavy atom. The number of hydrogen-bond donors (Lipinski definition) is 1. The Bertz CT molecular complexity index is 795. The van der Waals surface area contributed by atoms with Crippen molar-refractivity contribution < 1.29 is 4.42 Å². The molecule has 1 saturated carbocycles. The molecular formula is C22H25N3O. The first-order chi connectivity index (χ1) is 12.9. The van der Waals surface area contributed by atoms with E-state index >= 15 is 0 Å². The maximum absolute atomic E-state index is 5.85. The maximum atomic E-state index is 5.85. The summed E-state index contributed by atoms with van der Waals surface area (Å²) < 4.78 is 5.85. The third-order valence-electron chi connectivity index (χ3n) is 5.21. The van der Waals surface area contributed by atoms with Crippen LogP contribution in [0.1, 0.15) is 54.6 Å². The smallest absolute Gasteiger partial charge is 0.230 e. The first-order valence-electron chi connectivity index (χ1n) is 9.52. The van der Waals surface area contributed by atoms with Gasteiger partial charge in [0.25, 0.3) is 0 Å². The van der Waals surface area contributed by atoms with Gasteiger partial charge in [-0.05, 0) is 29.9 Å². The number of benzene rings is 2. The van der Waals surface area contributed by atoms with Crippen LogP contribution in [0.4, 0.5) is 0 Å². The zero-order valence-corrected chi connectivity index (χ0v) is 15.0. The van der Waals surface area contributed by atoms with E-state index in [2.05, 4.69) is 58.0 Å². The molecule has 1 fully saturated rings. The molecule has 0 amide bonds. The fourth-order valence-electron chi connectivity index (χ4n) is 3.91. The molecule has 1 heterocycles. The lowest BCUT2D eigenvalue weighted by atomic mass is 9.91. The summed E-state index contributed by atoms with van der Waals surface area (Å²) in [6.45, 7) is 0.609. The van der Waals surface area contributed by atoms with Crippen LogP contribution in [0.15, 0.2) is 65.1 Å². The van der Waals surface area contributed by atoms with Crippen LogP contribution in [0.2, 0.25) is 0 Å². The molecule has 0 radical (unpaired) electrons. The molecule has 1 atom stereocenters. The number of nitrogens with zero attached hydrogens (tertiary/aromatic N) is 2. The van der Waals surface area contributed by atoms with Gasteiger partial charge in [-0.3, -0.25) is 0 Å². The van der Waals surface area contributed by atoms with Gasteiger partial charge in [0.2, 0.25) is 11.8 Å². The Kier molecular flexibility index (Phi) is 5.41. The molecule has 0 saturated heterocycles. The molecule has 2 aromatic carbocycles. The van der Waals surface area contributed by atoms with Crippen LogP contribution in [-0.2, 0) is 13.0 Å². The highest BCUT2D eigenvalue weighted by atomic mass is 16.4. The molecule has 1 aromatic heterocycles. The predicted molar refractivity (Wildman–Crippen MR) is 102 cm³/mol. The normalized spacial score (nSPS) is 16.0. The van der Waals surface area contributed by atoms with Gasteiger partial charge in [0, 0.05) is 6.04 Å². The van der Waals surface area contributed by atoms with Gasteiger partial charge < -0.3 is 9.73 Å². The molecule has 1 N–H and O–H groups in total. The molecule has 26 heavy (non-hydrogen) atoms. The third-order valence-corrected chi connectivity index (χ3v) is 5.21. The topological polar surface area (TPSA) is 51.0 Å². The zero-order chi connectivity index (χ0) is 17.6. The fourth-order valence-corrected chi connectivity index (χ4v) is 3.91. The largest absolute Gasteiger partial charge is 0.424 e. The summed E-state index contributed by atoms with van der Waals surface area (Å²) in [6.07, 6.45) is 5.92. The highest BCUT2D eigenvalue weighted by Gasteiger charge is 2.26. The summed E-state index contributed by atoms with van der Waals surface area (Å²) in [7, 11) is 0. The van der Waals surface area contributed by atoms with Crippen molar-refractivity contribution in [2.45, 2.75) is 44.7 Å². The first-order valence-corrected chi connectivity index (χ1v) is 9.52. The fraction of sp³-hybridized carbons (Fsp3) is 0.364. The standard InChI is InChI=1S/C22H25N3O/c1-3-9-17(10-4-1)15-20-24-25-21(26-20)16-23-22(19-13-7-8-14-19)18-11-5-2-6-12-18/h1-6,9-12,19,22-23H,7-8,13-16H2. The van der Waals surface area contributed by atoms with Crippen LogP contribution in [0.5, 0.6) is 0 Å². The zero-order valence-electron chi connectivity index (χ0n) is 15.0. The van der Waals surface area contributed by atoms with Crippen molar-refractivity contribution in [1.29, 1.82) is 0 Å². The Morgan fingerprint density at radius 3 is 2.27 bits per heavy atom. The van der Waals surface area contributed by atoms with Crippen LogP contribution in [0.25, 0.3) is 0 Å². The highest BCUT2D eigenvalue weighted by molar-refractivity contribution is 5.20. The van der Waals surface area contributed by atoms with E-state index < -0.39 is 0 Å². The van der Waals surface area contributed by atoms with Crippen LogP contribution in [0, 0.1) is 5.92 Å². The van der Waals surface area contributed by atoms with Crippen molar-refractivity contribution in [2.24, 2.45) is 5.92 Å². The number of aromatic nitrogens is 2. The lowest BCUT2D eigenvalue weighted by Crippen LogP contribution is -2.27. The summed E-state index contributed by atoms with van der Waals surface area (Å²) in [4.78, 5) is 0. The van der Waals surface area contributed by atoms with E-state index in [1.165, 1.54) is 36.8 Å². The maximum Gasteiger partial charge on any atom is 0.230 e. The van der Waals surface area contributed by atoms with E-state index in [0.29, 0.717) is 36.7 Å². The van der Waals surface area contributed by atoms with Crippen molar-refractivity contribution >= 4 is 0 Å². The van der Waals surface area contributed by atoms with Gasteiger partial charge >= 0.3 is 0 Å². The second-order valence-corrected chi connectivity index (χ2v) is 7.07. The molecule has 1 aliphatic carbocycles. The van der Waals surface area contributed by atoms with Crippen LogP contribution < -0.4 is 5.32 Å². The van der Waals surface area contributed by atoms with Crippen molar-refractivity contribution in [3.8, 4) is 0 Å². The Balaban J connectivity index is 1.41. The van der Waals surface area contributed by atoms with Crippen LogP contribution in [0.3, 0.4) is 0 Å². The van der Waals surface area contributed by atoms with Gasteiger partial charge in [0.05, 0.1) is 13.0 Å². The molecular weight excluding hydrogens is 322 g/mol. The average Bonchev–Trinajstić information content (AvgIpc) is 3.36. The highest BCUT2D eigenvalue weighted by Crippen LogP contribution is 2.35. The van der Waals surface area contributed by atoms with E-state index in [4.69, 9.17) is 4.42 Å². The monoisotopic (exact) mass is 347 g/mol. The quantitative estimate of drug-likeness (QED) is 0.674. The van der Waals surface area contributed by atoms with Gasteiger partial charge in [0.1, 0.15) is 0 Å². The van der Waals surface area contributed by atoms with E-state index in [9.17, 15) is 0 Å². The SMILES string of the molecule is c1ccc(Cc2nnc(CNC(c3ccccc3)C3CCCC3)o2)cc1. The first kappa shape index (κ1) is 17.0. The van der Waals surface area contributed by atoms with E-state index in [1.807, 2.05) is 18.2 Å². The molecule has 134 valence electrons. The molecule has 1 aliphatic rings. The Morgan fingerprint density at radius 1 is 0.885 bits per heavy atom. The summed E-state index contributed by atoms with van der Waals surface area (Å²) in [5.41, 5.74) is 2.53. The Hall–Kier alpha value is -2.46. The van der Waals surface area contributed by atoms with Crippen LogP contribution in [-0.4, -0.2) is 10.2 Å². The van der Waals surface area contributed by atoms with Crippen molar-refractivity contribution in [1.82, 2.24) is 15.5 Å². The molecule has 4 heteroatoms. The van der Waals surface area contributed by atoms with Gasteiger partial charge in [-0.2, -0.15) is 0 Å². The van der Waals surface area contributed by atoms with Crippen molar-refractivity contribution in [3.63, 3.8) is 0 Å². The predicted octanol–water partition coefficient (Wildman–Crippen LogP) is 4.68. The third kappa shape index (κ3) is 4.20. The number of hydrogen-bond acceptors (Lipinski definition) is 4. The van der Waals surface area contributed by atoms with Gasteiger partial charge in [0.15, 0.2) is 0 Å². The van der Waals surface area contributed by atoms with E-state index in [-0.39, 0.29) is 0 Å². The average molecular weight is 347 g/mol. The molecule has 1 unspecified atom stereocenters. The summed E-state index contributed by atoms with van der Waals surface area (Å²) in [5, 5.41) is 12.1. The van der Waals surface area contributed by atoms with Gasteiger partial charge in [-0.25, -0.2) is 0 Å². The molecule has 4 rings (SSSR count). The second-order valence-electron chi connectivity index (χ2n) is 7.07. The van der Waals surface area contributed by atoms with E-state index in [1.54, 1.807) is 0 Å². The molecule has 4 nitrogen and oxygen atoms in total. The minimum absolute atomic E-state index is 0.350. The molecule has 0 bridgehead atoms. The molecule has 0 aliphatic heterocycles. The van der Waals surface area contributed by atoms with Crippen molar-refractivity contribution in [3.05, 3.63) is 83.6 Å². The van der Waals surface area contributed by atoms with Gasteiger partial charge in [-0.1, -0.05) is 73.5 Å². The summed E-state index contributed by atoms with van der Waals surface area (Å²) in [6, 6.07) is 21.3. The molecule has 3 aromatic rings. The Labute approximate surface area is 154 Å². The lowest BCUT2D eigenvalue weighted by molar-refractivity contribution is 0.342. The van der Waals surface area contributed by atoms with E-state index in [0.717, 1.165) is 0 Å². The minimum Gasteiger partial charge on any atom is -0.424 e. The minimum atomic E-state index is 0.350. The number of nitrogens with one attached hydrogen (secondary N) is 1. The van der Waals surface area contributed by atoms with Crippen LogP contribution >= 0.6 is 0 Å². The summed E-state index contributed by atoms with van der Waals surface area (Å²) >= 11 is 0.